The van der Waals surface area contributed by atoms with E-state index in [4.69, 9.17) is 5.11 Å². The lowest BCUT2D eigenvalue weighted by Gasteiger charge is -2.19. The molecule has 2 aromatic rings. The number of aliphatic hydroxyl groups is 1. The number of nitrogens with zero attached hydrogens (tertiary/aromatic N) is 3. The van der Waals surface area contributed by atoms with Gasteiger partial charge in [0.25, 0.3) is 5.91 Å². The number of likely N-dealkylation sites (N-methyl/N-ethyl adjacent to an activating group) is 1. The van der Waals surface area contributed by atoms with Crippen molar-refractivity contribution in [3.8, 4) is 0 Å². The zero-order chi connectivity index (χ0) is 14.4. The van der Waals surface area contributed by atoms with Gasteiger partial charge in [-0.25, -0.2) is 0 Å². The Balaban J connectivity index is 2.05. The molecule has 20 heavy (non-hydrogen) atoms. The van der Waals surface area contributed by atoms with E-state index in [-0.39, 0.29) is 12.5 Å². The molecule has 2 rings (SSSR count). The SMILES string of the molecule is CCN(CCO)C(=O)c1ccc(Cn2cccn2)cc1. The van der Waals surface area contributed by atoms with Gasteiger partial charge in [-0.1, -0.05) is 12.1 Å². The van der Waals surface area contributed by atoms with Crippen LogP contribution < -0.4 is 0 Å². The van der Waals surface area contributed by atoms with Crippen molar-refractivity contribution in [3.05, 3.63) is 53.9 Å². The Hall–Kier alpha value is -2.14. The summed E-state index contributed by atoms with van der Waals surface area (Å²) < 4.78 is 1.83. The van der Waals surface area contributed by atoms with Crippen LogP contribution in [0.3, 0.4) is 0 Å². The van der Waals surface area contributed by atoms with Crippen molar-refractivity contribution >= 4 is 5.91 Å². The maximum absolute atomic E-state index is 12.2. The van der Waals surface area contributed by atoms with Gasteiger partial charge in [0.1, 0.15) is 0 Å². The van der Waals surface area contributed by atoms with Crippen molar-refractivity contribution in [3.63, 3.8) is 0 Å². The van der Waals surface area contributed by atoms with Gasteiger partial charge in [0, 0.05) is 31.0 Å². The van der Waals surface area contributed by atoms with Crippen LogP contribution in [0.2, 0.25) is 0 Å². The molecule has 0 unspecified atom stereocenters. The summed E-state index contributed by atoms with van der Waals surface area (Å²) in [6.07, 6.45) is 3.64. The number of carbonyl (C=O) groups is 1. The van der Waals surface area contributed by atoms with Crippen molar-refractivity contribution in [2.24, 2.45) is 0 Å². The van der Waals surface area contributed by atoms with Gasteiger partial charge < -0.3 is 10.0 Å². The van der Waals surface area contributed by atoms with Crippen LogP contribution in [0.4, 0.5) is 0 Å². The van der Waals surface area contributed by atoms with Crippen LogP contribution >= 0.6 is 0 Å². The quantitative estimate of drug-likeness (QED) is 0.865. The molecule has 1 heterocycles. The summed E-state index contributed by atoms with van der Waals surface area (Å²) in [6.45, 7) is 3.53. The highest BCUT2D eigenvalue weighted by Gasteiger charge is 2.13. The first-order valence-electron chi connectivity index (χ1n) is 6.71. The number of amides is 1. The predicted octanol–water partition coefficient (Wildman–Crippen LogP) is 1.39. The zero-order valence-corrected chi connectivity index (χ0v) is 11.6. The van der Waals surface area contributed by atoms with E-state index in [9.17, 15) is 4.79 Å². The lowest BCUT2D eigenvalue weighted by Crippen LogP contribution is -2.33. The van der Waals surface area contributed by atoms with Crippen molar-refractivity contribution in [2.45, 2.75) is 13.5 Å². The molecule has 0 saturated heterocycles. The van der Waals surface area contributed by atoms with E-state index in [0.29, 0.717) is 25.2 Å². The number of aromatic nitrogens is 2. The second-order valence-electron chi connectivity index (χ2n) is 4.51. The molecule has 5 nitrogen and oxygen atoms in total. The van der Waals surface area contributed by atoms with E-state index in [2.05, 4.69) is 5.10 Å². The maximum atomic E-state index is 12.2. The molecular formula is C15H19N3O2. The Morgan fingerprint density at radius 2 is 2.10 bits per heavy atom. The standard InChI is InChI=1S/C15H19N3O2/c1-2-17(10-11-19)15(20)14-6-4-13(5-7-14)12-18-9-3-8-16-18/h3-9,19H,2,10-12H2,1H3. The largest absolute Gasteiger partial charge is 0.395 e. The topological polar surface area (TPSA) is 58.4 Å². The number of carbonyl (C=O) groups excluding carboxylic acids is 1. The van der Waals surface area contributed by atoms with Crippen LogP contribution in [0.1, 0.15) is 22.8 Å². The van der Waals surface area contributed by atoms with Gasteiger partial charge in [-0.15, -0.1) is 0 Å². The number of benzene rings is 1. The Morgan fingerprint density at radius 3 is 2.65 bits per heavy atom. The minimum atomic E-state index is -0.0489. The monoisotopic (exact) mass is 273 g/mol. The van der Waals surface area contributed by atoms with Crippen LogP contribution in [-0.4, -0.2) is 45.4 Å². The third kappa shape index (κ3) is 3.45. The molecule has 106 valence electrons. The van der Waals surface area contributed by atoms with Crippen molar-refractivity contribution in [1.29, 1.82) is 0 Å². The molecule has 0 aliphatic rings. The van der Waals surface area contributed by atoms with Crippen LogP contribution in [-0.2, 0) is 6.54 Å². The second-order valence-corrected chi connectivity index (χ2v) is 4.51. The average molecular weight is 273 g/mol. The molecule has 1 aromatic heterocycles. The van der Waals surface area contributed by atoms with Crippen LogP contribution in [0.15, 0.2) is 42.7 Å². The van der Waals surface area contributed by atoms with Gasteiger partial charge in [-0.3, -0.25) is 9.48 Å². The summed E-state index contributed by atoms with van der Waals surface area (Å²) in [5.74, 6) is -0.0489. The first kappa shape index (κ1) is 14.3. The van der Waals surface area contributed by atoms with Gasteiger partial charge in [-0.05, 0) is 30.7 Å². The van der Waals surface area contributed by atoms with Crippen LogP contribution in [0.5, 0.6) is 0 Å². The third-order valence-electron chi connectivity index (χ3n) is 3.14. The minimum absolute atomic E-state index is 0.0169. The van der Waals surface area contributed by atoms with Crippen molar-refractivity contribution < 1.29 is 9.90 Å². The first-order valence-corrected chi connectivity index (χ1v) is 6.71. The number of hydrogen-bond donors (Lipinski definition) is 1. The molecule has 1 aromatic carbocycles. The molecule has 0 bridgehead atoms. The fourth-order valence-electron chi connectivity index (χ4n) is 2.04. The second kappa shape index (κ2) is 6.86. The van der Waals surface area contributed by atoms with Gasteiger partial charge in [0.15, 0.2) is 0 Å². The highest BCUT2D eigenvalue weighted by molar-refractivity contribution is 5.94. The molecule has 5 heteroatoms. The lowest BCUT2D eigenvalue weighted by molar-refractivity contribution is 0.0732. The molecular weight excluding hydrogens is 254 g/mol. The molecule has 0 aliphatic heterocycles. The predicted molar refractivity (Wildman–Crippen MR) is 76.4 cm³/mol. The summed E-state index contributed by atoms with van der Waals surface area (Å²) in [4.78, 5) is 13.8. The van der Waals surface area contributed by atoms with Crippen LogP contribution in [0.25, 0.3) is 0 Å². The highest BCUT2D eigenvalue weighted by atomic mass is 16.3. The number of aliphatic hydroxyl groups excluding tert-OH is 1. The Morgan fingerprint density at radius 1 is 1.35 bits per heavy atom. The van der Waals surface area contributed by atoms with Gasteiger partial charge in [0.2, 0.25) is 0 Å². The van der Waals surface area contributed by atoms with E-state index in [0.717, 1.165) is 5.56 Å². The van der Waals surface area contributed by atoms with E-state index in [1.807, 2.05) is 48.1 Å². The number of rotatable bonds is 6. The molecule has 1 N–H and O–H groups in total. The average Bonchev–Trinajstić information content (AvgIpc) is 2.98. The van der Waals surface area contributed by atoms with E-state index >= 15 is 0 Å². The molecule has 0 spiro atoms. The fraction of sp³-hybridized carbons (Fsp3) is 0.333. The molecule has 0 radical (unpaired) electrons. The van der Waals surface area contributed by atoms with Crippen LogP contribution in [0, 0.1) is 0 Å². The molecule has 0 aliphatic carbocycles. The van der Waals surface area contributed by atoms with E-state index in [1.165, 1.54) is 0 Å². The Kier molecular flexibility index (Phi) is 4.90. The Bertz CT molecular complexity index is 535. The van der Waals surface area contributed by atoms with Crippen molar-refractivity contribution in [2.75, 3.05) is 19.7 Å². The maximum Gasteiger partial charge on any atom is 0.253 e. The fourth-order valence-corrected chi connectivity index (χ4v) is 2.04. The molecule has 1 amide bonds. The van der Waals surface area contributed by atoms with Gasteiger partial charge in [-0.2, -0.15) is 5.10 Å². The number of hydrogen-bond acceptors (Lipinski definition) is 3. The van der Waals surface area contributed by atoms with Gasteiger partial charge in [0.05, 0.1) is 13.2 Å². The molecule has 0 saturated carbocycles. The third-order valence-corrected chi connectivity index (χ3v) is 3.14. The normalized spacial score (nSPS) is 10.5. The summed E-state index contributed by atoms with van der Waals surface area (Å²) in [6, 6.07) is 9.39. The summed E-state index contributed by atoms with van der Waals surface area (Å²) in [7, 11) is 0. The smallest absolute Gasteiger partial charge is 0.253 e. The van der Waals surface area contributed by atoms with Gasteiger partial charge >= 0.3 is 0 Å². The van der Waals surface area contributed by atoms with E-state index < -0.39 is 0 Å². The highest BCUT2D eigenvalue weighted by Crippen LogP contribution is 2.09. The summed E-state index contributed by atoms with van der Waals surface area (Å²) in [5.41, 5.74) is 1.74. The summed E-state index contributed by atoms with van der Waals surface area (Å²) >= 11 is 0. The first-order chi connectivity index (χ1) is 9.74. The zero-order valence-electron chi connectivity index (χ0n) is 11.6. The van der Waals surface area contributed by atoms with Crippen molar-refractivity contribution in [1.82, 2.24) is 14.7 Å². The van der Waals surface area contributed by atoms with E-state index in [1.54, 1.807) is 11.1 Å². The minimum Gasteiger partial charge on any atom is -0.395 e. The Labute approximate surface area is 118 Å². The summed E-state index contributed by atoms with van der Waals surface area (Å²) in [5, 5.41) is 13.1. The molecule has 0 atom stereocenters. The molecule has 0 fully saturated rings. The lowest BCUT2D eigenvalue weighted by atomic mass is 10.1.